The van der Waals surface area contributed by atoms with Gasteiger partial charge in [0.1, 0.15) is 11.4 Å². The van der Waals surface area contributed by atoms with Crippen molar-refractivity contribution in [3.63, 3.8) is 0 Å². The van der Waals surface area contributed by atoms with E-state index in [0.29, 0.717) is 18.3 Å². The Labute approximate surface area is 184 Å². The highest BCUT2D eigenvalue weighted by Gasteiger charge is 2.35. The molecule has 4 rings (SSSR count). The van der Waals surface area contributed by atoms with Crippen molar-refractivity contribution < 1.29 is 13.2 Å². The van der Waals surface area contributed by atoms with Gasteiger partial charge in [-0.3, -0.25) is 4.99 Å². The van der Waals surface area contributed by atoms with Gasteiger partial charge in [0.15, 0.2) is 15.8 Å². The van der Waals surface area contributed by atoms with E-state index in [-0.39, 0.29) is 47.3 Å². The molecular formula is C20H30IN3O3S. The molecule has 2 N–H and O–H groups in total. The van der Waals surface area contributed by atoms with Crippen molar-refractivity contribution in [2.75, 3.05) is 18.1 Å². The second kappa shape index (κ2) is 8.38. The van der Waals surface area contributed by atoms with Crippen LogP contribution < -0.4 is 15.4 Å². The summed E-state index contributed by atoms with van der Waals surface area (Å²) in [6, 6.07) is 8.73. The smallest absolute Gasteiger partial charge is 0.191 e. The number of nitrogens with one attached hydrogen (secondary N) is 2. The second-order valence-electron chi connectivity index (χ2n) is 8.68. The number of halogens is 1. The molecule has 156 valence electrons. The zero-order valence-corrected chi connectivity index (χ0v) is 19.6. The fourth-order valence-corrected chi connectivity index (χ4v) is 5.74. The molecule has 1 aromatic carbocycles. The average molecular weight is 519 g/mol. The Hall–Kier alpha value is -1.03. The molecule has 0 spiro atoms. The highest BCUT2D eigenvalue weighted by atomic mass is 127. The summed E-state index contributed by atoms with van der Waals surface area (Å²) in [5.41, 5.74) is 0.890. The Bertz CT molecular complexity index is 837. The fraction of sp³-hybridized carbons (Fsp3) is 0.650. The van der Waals surface area contributed by atoms with Gasteiger partial charge in [-0.2, -0.15) is 0 Å². The largest absolute Gasteiger partial charge is 0.487 e. The predicted molar refractivity (Wildman–Crippen MR) is 122 cm³/mol. The molecule has 0 aromatic heterocycles. The average Bonchev–Trinajstić information content (AvgIpc) is 3.33. The first-order valence-corrected chi connectivity index (χ1v) is 11.7. The number of benzene rings is 1. The molecule has 0 bridgehead atoms. The molecule has 1 saturated carbocycles. The van der Waals surface area contributed by atoms with E-state index in [1.54, 1.807) is 0 Å². The van der Waals surface area contributed by atoms with E-state index in [0.717, 1.165) is 43.0 Å². The van der Waals surface area contributed by atoms with Gasteiger partial charge < -0.3 is 15.4 Å². The summed E-state index contributed by atoms with van der Waals surface area (Å²) in [5.74, 6) is 2.40. The van der Waals surface area contributed by atoms with Crippen LogP contribution in [0, 0.1) is 5.92 Å². The Morgan fingerprint density at radius 3 is 2.64 bits per heavy atom. The molecule has 0 amide bonds. The van der Waals surface area contributed by atoms with E-state index in [9.17, 15) is 8.42 Å². The lowest BCUT2D eigenvalue weighted by Crippen LogP contribution is -2.46. The molecule has 2 atom stereocenters. The number of hydrogen-bond donors (Lipinski definition) is 2. The maximum Gasteiger partial charge on any atom is 0.191 e. The van der Waals surface area contributed by atoms with Crippen molar-refractivity contribution in [1.29, 1.82) is 0 Å². The van der Waals surface area contributed by atoms with Crippen molar-refractivity contribution in [1.82, 2.24) is 10.6 Å². The summed E-state index contributed by atoms with van der Waals surface area (Å²) in [7, 11) is -2.86. The molecule has 1 saturated heterocycles. The molecule has 8 heteroatoms. The van der Waals surface area contributed by atoms with E-state index < -0.39 is 9.84 Å². The van der Waals surface area contributed by atoms with Crippen LogP contribution in [0.3, 0.4) is 0 Å². The van der Waals surface area contributed by atoms with Crippen LogP contribution in [0.1, 0.15) is 51.1 Å². The van der Waals surface area contributed by atoms with E-state index >= 15 is 0 Å². The van der Waals surface area contributed by atoms with Crippen LogP contribution in [0.25, 0.3) is 0 Å². The van der Waals surface area contributed by atoms with Crippen molar-refractivity contribution in [3.05, 3.63) is 29.8 Å². The molecule has 1 aromatic rings. The number of fused-ring (bicyclic) bond motifs is 1. The van der Waals surface area contributed by atoms with Crippen molar-refractivity contribution in [2.45, 2.75) is 57.2 Å². The molecule has 2 aliphatic heterocycles. The molecule has 2 fully saturated rings. The molecule has 28 heavy (non-hydrogen) atoms. The normalized spacial score (nSPS) is 27.9. The number of ether oxygens (including phenoxy) is 1. The van der Waals surface area contributed by atoms with Gasteiger partial charge in [0, 0.05) is 24.6 Å². The van der Waals surface area contributed by atoms with E-state index in [1.165, 1.54) is 0 Å². The fourth-order valence-electron chi connectivity index (χ4n) is 3.89. The van der Waals surface area contributed by atoms with Gasteiger partial charge in [-0.1, -0.05) is 18.2 Å². The van der Waals surface area contributed by atoms with Crippen LogP contribution in [0.4, 0.5) is 0 Å². The minimum Gasteiger partial charge on any atom is -0.487 e. The SMILES string of the molecule is CC1(C)CC(NC(=NCC2CCS(=O)(=O)C2)NC2CC2)c2ccccc2O1.I. The van der Waals surface area contributed by atoms with Gasteiger partial charge in [0.05, 0.1) is 17.5 Å². The number of hydrogen-bond acceptors (Lipinski definition) is 4. The molecular weight excluding hydrogens is 489 g/mol. The van der Waals surface area contributed by atoms with Crippen LogP contribution in [0.5, 0.6) is 5.75 Å². The lowest BCUT2D eigenvalue weighted by molar-refractivity contribution is 0.0694. The van der Waals surface area contributed by atoms with E-state index in [4.69, 9.17) is 9.73 Å². The number of nitrogens with zero attached hydrogens (tertiary/aromatic N) is 1. The second-order valence-corrected chi connectivity index (χ2v) is 10.9. The van der Waals surface area contributed by atoms with Crippen LogP contribution >= 0.6 is 24.0 Å². The van der Waals surface area contributed by atoms with Crippen LogP contribution in [0.15, 0.2) is 29.3 Å². The number of sulfone groups is 1. The molecule has 2 heterocycles. The number of guanidine groups is 1. The van der Waals surface area contributed by atoms with Gasteiger partial charge in [0.2, 0.25) is 0 Å². The van der Waals surface area contributed by atoms with Crippen LogP contribution in [0.2, 0.25) is 0 Å². The summed E-state index contributed by atoms with van der Waals surface area (Å²) in [6.45, 7) is 4.76. The van der Waals surface area contributed by atoms with Gasteiger partial charge in [-0.25, -0.2) is 8.42 Å². The maximum absolute atomic E-state index is 11.7. The molecule has 1 aliphatic carbocycles. The number of para-hydroxylation sites is 1. The monoisotopic (exact) mass is 519 g/mol. The first-order valence-electron chi connectivity index (χ1n) is 9.86. The summed E-state index contributed by atoms with van der Waals surface area (Å²) >= 11 is 0. The minimum absolute atomic E-state index is 0. The quantitative estimate of drug-likeness (QED) is 0.363. The van der Waals surface area contributed by atoms with Crippen molar-refractivity contribution >= 4 is 39.8 Å². The Kier molecular flexibility index (Phi) is 6.48. The lowest BCUT2D eigenvalue weighted by Gasteiger charge is -2.38. The van der Waals surface area contributed by atoms with Crippen LogP contribution in [-0.2, 0) is 9.84 Å². The third kappa shape index (κ3) is 5.52. The molecule has 0 radical (unpaired) electrons. The van der Waals surface area contributed by atoms with Gasteiger partial charge in [-0.15, -0.1) is 24.0 Å². The highest BCUT2D eigenvalue weighted by Crippen LogP contribution is 2.39. The van der Waals surface area contributed by atoms with Crippen molar-refractivity contribution in [2.24, 2.45) is 10.9 Å². The van der Waals surface area contributed by atoms with Gasteiger partial charge >= 0.3 is 0 Å². The number of rotatable bonds is 4. The highest BCUT2D eigenvalue weighted by molar-refractivity contribution is 14.0. The zero-order chi connectivity index (χ0) is 19.1. The lowest BCUT2D eigenvalue weighted by atomic mass is 9.90. The third-order valence-corrected chi connectivity index (χ3v) is 7.28. The molecule has 3 aliphatic rings. The Balaban J connectivity index is 0.00000225. The first-order chi connectivity index (χ1) is 12.8. The minimum atomic E-state index is -2.86. The summed E-state index contributed by atoms with van der Waals surface area (Å²) in [4.78, 5) is 4.76. The third-order valence-electron chi connectivity index (χ3n) is 5.44. The topological polar surface area (TPSA) is 79.8 Å². The van der Waals surface area contributed by atoms with E-state index in [2.05, 4.69) is 30.5 Å². The summed E-state index contributed by atoms with van der Waals surface area (Å²) in [5, 5.41) is 7.08. The van der Waals surface area contributed by atoms with E-state index in [1.807, 2.05) is 18.2 Å². The van der Waals surface area contributed by atoms with Crippen molar-refractivity contribution in [3.8, 4) is 5.75 Å². The summed E-state index contributed by atoms with van der Waals surface area (Å²) in [6.07, 6.45) is 3.88. The standard InChI is InChI=1S/C20H29N3O3S.HI/c1-20(2)11-17(16-5-3-4-6-18(16)26-20)23-19(22-15-7-8-15)21-12-14-9-10-27(24,25)13-14;/h3-6,14-15,17H,7-13H2,1-2H3,(H2,21,22,23);1H. The van der Waals surface area contributed by atoms with Gasteiger partial charge in [-0.05, 0) is 45.1 Å². The predicted octanol–water partition coefficient (Wildman–Crippen LogP) is 3.04. The summed E-state index contributed by atoms with van der Waals surface area (Å²) < 4.78 is 29.5. The van der Waals surface area contributed by atoms with Gasteiger partial charge in [0.25, 0.3) is 0 Å². The zero-order valence-electron chi connectivity index (χ0n) is 16.5. The maximum atomic E-state index is 11.7. The van der Waals surface area contributed by atoms with Crippen LogP contribution in [-0.4, -0.2) is 44.1 Å². The molecule has 6 nitrogen and oxygen atoms in total. The molecule has 2 unspecified atom stereocenters. The number of aliphatic imine (C=N–C) groups is 1. The Morgan fingerprint density at radius 1 is 1.21 bits per heavy atom. The first kappa shape index (κ1) is 21.7. The Morgan fingerprint density at radius 2 is 1.96 bits per heavy atom.